The second kappa shape index (κ2) is 8.11. The monoisotopic (exact) mass is 390 g/mol. The molecule has 3 rings (SSSR count). The minimum absolute atomic E-state index is 0.0763. The van der Waals surface area contributed by atoms with Crippen LogP contribution in [0.4, 0.5) is 5.13 Å². The summed E-state index contributed by atoms with van der Waals surface area (Å²) in [5.41, 5.74) is 1.69. The van der Waals surface area contributed by atoms with Gasteiger partial charge < -0.3 is 4.74 Å². The molecule has 134 valence electrons. The number of hydrogen-bond donors (Lipinski definition) is 1. The molecule has 0 fully saturated rings. The van der Waals surface area contributed by atoms with E-state index < -0.39 is 0 Å². The highest BCUT2D eigenvalue weighted by atomic mass is 35.5. The molecule has 2 aromatic heterocycles. The lowest BCUT2D eigenvalue weighted by Gasteiger charge is -2.01. The molecular formula is C17H15ClN4O3S. The molecule has 0 radical (unpaired) electrons. The summed E-state index contributed by atoms with van der Waals surface area (Å²) >= 11 is 7.21. The summed E-state index contributed by atoms with van der Waals surface area (Å²) in [6, 6.07) is 7.15. The summed E-state index contributed by atoms with van der Waals surface area (Å²) in [5.74, 6) is -0.686. The highest BCUT2D eigenvalue weighted by Crippen LogP contribution is 2.18. The van der Waals surface area contributed by atoms with Crippen LogP contribution < -0.4 is 5.32 Å². The highest BCUT2D eigenvalue weighted by Gasteiger charge is 2.13. The molecule has 0 aliphatic rings. The van der Waals surface area contributed by atoms with E-state index in [9.17, 15) is 9.59 Å². The van der Waals surface area contributed by atoms with Crippen LogP contribution in [0.25, 0.3) is 5.69 Å². The van der Waals surface area contributed by atoms with Crippen LogP contribution in [0.5, 0.6) is 0 Å². The van der Waals surface area contributed by atoms with E-state index in [0.717, 1.165) is 5.69 Å². The zero-order valence-electron chi connectivity index (χ0n) is 13.8. The fraction of sp³-hybridized carbons (Fsp3) is 0.176. The zero-order chi connectivity index (χ0) is 18.5. The van der Waals surface area contributed by atoms with Crippen molar-refractivity contribution in [1.29, 1.82) is 0 Å². The number of nitrogens with zero attached hydrogens (tertiary/aromatic N) is 3. The Kier molecular flexibility index (Phi) is 5.65. The molecule has 0 bridgehead atoms. The third-order valence-electron chi connectivity index (χ3n) is 3.32. The summed E-state index contributed by atoms with van der Waals surface area (Å²) < 4.78 is 6.44. The van der Waals surface area contributed by atoms with Gasteiger partial charge in [0.25, 0.3) is 5.91 Å². The summed E-state index contributed by atoms with van der Waals surface area (Å²) in [6.45, 7) is 2.07. The number of thiazole rings is 1. The number of benzene rings is 1. The van der Waals surface area contributed by atoms with Crippen molar-refractivity contribution in [3.8, 4) is 5.69 Å². The molecule has 0 aliphatic heterocycles. The molecule has 3 aromatic rings. The molecule has 0 saturated carbocycles. The Labute approximate surface area is 158 Å². The van der Waals surface area contributed by atoms with Crippen LogP contribution in [0.15, 0.2) is 42.0 Å². The molecule has 1 amide bonds. The lowest BCUT2D eigenvalue weighted by molar-refractivity contribution is -0.142. The molecule has 0 unspecified atom stereocenters. The minimum atomic E-state index is -0.349. The lowest BCUT2D eigenvalue weighted by Crippen LogP contribution is -2.11. The maximum absolute atomic E-state index is 12.3. The number of ether oxygens (including phenoxy) is 1. The topological polar surface area (TPSA) is 86.1 Å². The van der Waals surface area contributed by atoms with Gasteiger partial charge in [-0.15, -0.1) is 11.3 Å². The van der Waals surface area contributed by atoms with E-state index >= 15 is 0 Å². The number of halogens is 1. The average Bonchev–Trinajstić information content (AvgIpc) is 3.25. The predicted octanol–water partition coefficient (Wildman–Crippen LogP) is 3.34. The number of amides is 1. The first-order valence-electron chi connectivity index (χ1n) is 7.77. The minimum Gasteiger partial charge on any atom is -0.466 e. The van der Waals surface area contributed by atoms with Crippen LogP contribution >= 0.6 is 22.9 Å². The van der Waals surface area contributed by atoms with E-state index in [0.29, 0.717) is 28.0 Å². The number of nitrogens with one attached hydrogen (secondary N) is 1. The van der Waals surface area contributed by atoms with E-state index in [4.69, 9.17) is 16.3 Å². The van der Waals surface area contributed by atoms with Gasteiger partial charge in [-0.2, -0.15) is 5.10 Å². The number of aromatic nitrogens is 3. The van der Waals surface area contributed by atoms with Crippen molar-refractivity contribution in [3.63, 3.8) is 0 Å². The van der Waals surface area contributed by atoms with Gasteiger partial charge in [0.15, 0.2) is 5.13 Å². The number of hydrogen-bond acceptors (Lipinski definition) is 6. The second-order valence-electron chi connectivity index (χ2n) is 5.23. The largest absolute Gasteiger partial charge is 0.466 e. The predicted molar refractivity (Wildman–Crippen MR) is 99.0 cm³/mol. The van der Waals surface area contributed by atoms with Crippen LogP contribution in [0.2, 0.25) is 5.02 Å². The first-order chi connectivity index (χ1) is 12.5. The van der Waals surface area contributed by atoms with Crippen molar-refractivity contribution in [3.05, 3.63) is 58.3 Å². The van der Waals surface area contributed by atoms with Crippen LogP contribution in [0.3, 0.4) is 0 Å². The Balaban J connectivity index is 1.66. The third-order valence-corrected chi connectivity index (χ3v) is 4.36. The SMILES string of the molecule is CCOC(=O)Cc1csc(NC(=O)c2cnn(-c3cccc(Cl)c3)c2)n1. The maximum atomic E-state index is 12.3. The van der Waals surface area contributed by atoms with E-state index in [1.54, 1.807) is 41.4 Å². The smallest absolute Gasteiger partial charge is 0.311 e. The quantitative estimate of drug-likeness (QED) is 0.652. The van der Waals surface area contributed by atoms with E-state index in [2.05, 4.69) is 15.4 Å². The number of carbonyl (C=O) groups is 2. The first-order valence-corrected chi connectivity index (χ1v) is 9.03. The van der Waals surface area contributed by atoms with Crippen LogP contribution in [0.1, 0.15) is 23.0 Å². The van der Waals surface area contributed by atoms with Crippen molar-refractivity contribution < 1.29 is 14.3 Å². The molecule has 0 atom stereocenters. The van der Waals surface area contributed by atoms with Crippen molar-refractivity contribution >= 4 is 39.9 Å². The Hall–Kier alpha value is -2.71. The fourth-order valence-electron chi connectivity index (χ4n) is 2.17. The molecule has 2 heterocycles. The molecule has 1 N–H and O–H groups in total. The summed E-state index contributed by atoms with van der Waals surface area (Å²) in [6.07, 6.45) is 3.14. The van der Waals surface area contributed by atoms with Crippen molar-refractivity contribution in [2.75, 3.05) is 11.9 Å². The van der Waals surface area contributed by atoms with Crippen LogP contribution in [0, 0.1) is 0 Å². The Morgan fingerprint density at radius 2 is 2.23 bits per heavy atom. The van der Waals surface area contributed by atoms with Gasteiger partial charge in [0.2, 0.25) is 0 Å². The summed E-state index contributed by atoms with van der Waals surface area (Å²) in [7, 11) is 0. The lowest BCUT2D eigenvalue weighted by atomic mass is 10.3. The van der Waals surface area contributed by atoms with E-state index in [-0.39, 0.29) is 18.3 Å². The number of carbonyl (C=O) groups excluding carboxylic acids is 2. The van der Waals surface area contributed by atoms with Gasteiger partial charge in [0.1, 0.15) is 0 Å². The standard InChI is InChI=1S/C17H15ClN4O3S/c1-2-25-15(23)7-13-10-26-17(20-13)21-16(24)11-8-19-22(9-11)14-5-3-4-12(18)6-14/h3-6,8-10H,2,7H2,1H3,(H,20,21,24). The molecular weight excluding hydrogens is 376 g/mol. The molecule has 7 nitrogen and oxygen atoms in total. The molecule has 1 aromatic carbocycles. The van der Waals surface area contributed by atoms with Gasteiger partial charge in [-0.25, -0.2) is 9.67 Å². The number of esters is 1. The zero-order valence-corrected chi connectivity index (χ0v) is 15.4. The molecule has 26 heavy (non-hydrogen) atoms. The van der Waals surface area contributed by atoms with E-state index in [1.165, 1.54) is 17.5 Å². The molecule has 0 aliphatic carbocycles. The molecule has 9 heteroatoms. The van der Waals surface area contributed by atoms with Gasteiger partial charge >= 0.3 is 5.97 Å². The van der Waals surface area contributed by atoms with Gasteiger partial charge in [-0.1, -0.05) is 17.7 Å². The highest BCUT2D eigenvalue weighted by molar-refractivity contribution is 7.14. The maximum Gasteiger partial charge on any atom is 0.311 e. The summed E-state index contributed by atoms with van der Waals surface area (Å²) in [5, 5.41) is 9.57. The Morgan fingerprint density at radius 3 is 3.00 bits per heavy atom. The summed E-state index contributed by atoms with van der Waals surface area (Å²) in [4.78, 5) is 28.0. The van der Waals surface area contributed by atoms with Gasteiger partial charge in [-0.3, -0.25) is 14.9 Å². The number of rotatable bonds is 6. The third kappa shape index (κ3) is 4.47. The number of anilines is 1. The average molecular weight is 391 g/mol. The molecule has 0 saturated heterocycles. The Morgan fingerprint density at radius 1 is 1.38 bits per heavy atom. The first kappa shape index (κ1) is 18.1. The van der Waals surface area contributed by atoms with E-state index in [1.807, 2.05) is 6.07 Å². The van der Waals surface area contributed by atoms with Gasteiger partial charge in [0.05, 0.1) is 36.2 Å². The normalized spacial score (nSPS) is 10.5. The van der Waals surface area contributed by atoms with Gasteiger partial charge in [-0.05, 0) is 25.1 Å². The van der Waals surface area contributed by atoms with Gasteiger partial charge in [0, 0.05) is 16.6 Å². The van der Waals surface area contributed by atoms with Crippen molar-refractivity contribution in [2.45, 2.75) is 13.3 Å². The van der Waals surface area contributed by atoms with Crippen molar-refractivity contribution in [1.82, 2.24) is 14.8 Å². The fourth-order valence-corrected chi connectivity index (χ4v) is 3.06. The van der Waals surface area contributed by atoms with Crippen molar-refractivity contribution in [2.24, 2.45) is 0 Å². The Bertz CT molecular complexity index is 937. The van der Waals surface area contributed by atoms with Crippen LogP contribution in [-0.4, -0.2) is 33.2 Å². The van der Waals surface area contributed by atoms with Crippen LogP contribution in [-0.2, 0) is 16.0 Å². The second-order valence-corrected chi connectivity index (χ2v) is 6.53. The molecule has 0 spiro atoms.